The van der Waals surface area contributed by atoms with Crippen LogP contribution < -0.4 is 9.62 Å². The van der Waals surface area contributed by atoms with Gasteiger partial charge in [-0.05, 0) is 42.3 Å². The lowest BCUT2D eigenvalue weighted by Gasteiger charge is -2.26. The quantitative estimate of drug-likeness (QED) is 0.882. The van der Waals surface area contributed by atoms with Gasteiger partial charge in [0.15, 0.2) is 0 Å². The van der Waals surface area contributed by atoms with E-state index in [9.17, 15) is 26.4 Å². The van der Waals surface area contributed by atoms with Gasteiger partial charge in [0.05, 0.1) is 10.5 Å². The minimum atomic E-state index is -4.79. The Morgan fingerprint density at radius 3 is 2.46 bits per heavy atom. The maximum Gasteiger partial charge on any atom is 0.417 e. The Labute approximate surface area is 148 Å². The first kappa shape index (κ1) is 18.2. The number of fused-ring (bicyclic) bond motifs is 1. The highest BCUT2D eigenvalue weighted by atomic mass is 32.2. The predicted octanol–water partition coefficient (Wildman–Crippen LogP) is 3.42. The van der Waals surface area contributed by atoms with E-state index in [1.165, 1.54) is 23.1 Å². The maximum absolute atomic E-state index is 13.1. The van der Waals surface area contributed by atoms with E-state index < -0.39 is 26.7 Å². The average Bonchev–Trinajstić information content (AvgIpc) is 2.57. The fourth-order valence-corrected chi connectivity index (χ4v) is 4.14. The van der Waals surface area contributed by atoms with Crippen LogP contribution in [-0.4, -0.2) is 21.4 Å². The molecule has 2 aromatic rings. The Bertz CT molecular complexity index is 971. The molecule has 138 valence electrons. The summed E-state index contributed by atoms with van der Waals surface area (Å²) in [5, 5.41) is 0. The zero-order chi connectivity index (χ0) is 19.1. The van der Waals surface area contributed by atoms with Gasteiger partial charge in [-0.15, -0.1) is 0 Å². The van der Waals surface area contributed by atoms with Crippen LogP contribution in [0.15, 0.2) is 47.4 Å². The number of hydrogen-bond acceptors (Lipinski definition) is 3. The second-order valence-electron chi connectivity index (χ2n) is 5.90. The van der Waals surface area contributed by atoms with Gasteiger partial charge in [0.1, 0.15) is 0 Å². The van der Waals surface area contributed by atoms with E-state index in [4.69, 9.17) is 0 Å². The molecule has 5 nitrogen and oxygen atoms in total. The standard InChI is InChI=1S/C17H15F3N2O3S/c1-22-14-8-7-12(10-11(14)6-9-16(22)23)21-26(24,25)15-5-3-2-4-13(15)17(18,19)20/h2-5,7-8,10,21H,6,9H2,1H3. The molecule has 0 spiro atoms. The van der Waals surface area contributed by atoms with Gasteiger partial charge in [0, 0.05) is 24.8 Å². The van der Waals surface area contributed by atoms with Crippen LogP contribution in [-0.2, 0) is 27.4 Å². The van der Waals surface area contributed by atoms with E-state index in [1.807, 2.05) is 0 Å². The molecule has 2 aromatic carbocycles. The largest absolute Gasteiger partial charge is 0.417 e. The second kappa shape index (κ2) is 6.31. The molecule has 3 rings (SSSR count). The zero-order valence-electron chi connectivity index (χ0n) is 13.7. The van der Waals surface area contributed by atoms with Gasteiger partial charge in [-0.3, -0.25) is 9.52 Å². The van der Waals surface area contributed by atoms with E-state index in [0.29, 0.717) is 12.1 Å². The molecule has 1 aliphatic rings. The van der Waals surface area contributed by atoms with Crippen LogP contribution in [0.3, 0.4) is 0 Å². The number of halogens is 3. The zero-order valence-corrected chi connectivity index (χ0v) is 14.5. The summed E-state index contributed by atoms with van der Waals surface area (Å²) in [6.07, 6.45) is -4.06. The molecule has 9 heteroatoms. The van der Waals surface area contributed by atoms with Crippen LogP contribution in [0.25, 0.3) is 0 Å². The van der Waals surface area contributed by atoms with E-state index in [-0.39, 0.29) is 18.0 Å². The van der Waals surface area contributed by atoms with Crippen molar-refractivity contribution in [2.75, 3.05) is 16.7 Å². The Kier molecular flexibility index (Phi) is 4.43. The third-order valence-electron chi connectivity index (χ3n) is 4.16. The van der Waals surface area contributed by atoms with Gasteiger partial charge >= 0.3 is 6.18 Å². The van der Waals surface area contributed by atoms with Crippen LogP contribution in [0.4, 0.5) is 24.5 Å². The molecule has 1 heterocycles. The monoisotopic (exact) mass is 384 g/mol. The van der Waals surface area contributed by atoms with E-state index >= 15 is 0 Å². The molecule has 0 fully saturated rings. The van der Waals surface area contributed by atoms with Crippen molar-refractivity contribution in [3.63, 3.8) is 0 Å². The van der Waals surface area contributed by atoms with Crippen molar-refractivity contribution in [2.24, 2.45) is 0 Å². The number of amides is 1. The van der Waals surface area contributed by atoms with Crippen LogP contribution in [0.5, 0.6) is 0 Å². The number of alkyl halides is 3. The van der Waals surface area contributed by atoms with Gasteiger partial charge in [-0.25, -0.2) is 8.42 Å². The molecular weight excluding hydrogens is 369 g/mol. The number of anilines is 2. The molecule has 0 radical (unpaired) electrons. The summed E-state index contributed by atoms with van der Waals surface area (Å²) < 4.78 is 66.4. The Balaban J connectivity index is 1.96. The summed E-state index contributed by atoms with van der Waals surface area (Å²) >= 11 is 0. The average molecular weight is 384 g/mol. The second-order valence-corrected chi connectivity index (χ2v) is 7.55. The number of carbonyl (C=O) groups excluding carboxylic acids is 1. The lowest BCUT2D eigenvalue weighted by molar-refractivity contribution is -0.139. The Hall–Kier alpha value is -2.55. The molecule has 1 N–H and O–H groups in total. The number of benzene rings is 2. The van der Waals surface area contributed by atoms with Crippen molar-refractivity contribution in [3.05, 3.63) is 53.6 Å². The molecule has 0 atom stereocenters. The predicted molar refractivity (Wildman–Crippen MR) is 90.4 cm³/mol. The molecule has 0 saturated carbocycles. The number of carbonyl (C=O) groups is 1. The number of sulfonamides is 1. The summed E-state index contributed by atoms with van der Waals surface area (Å²) in [6, 6.07) is 8.52. The van der Waals surface area contributed by atoms with Gasteiger partial charge in [-0.2, -0.15) is 13.2 Å². The highest BCUT2D eigenvalue weighted by Gasteiger charge is 2.37. The first-order valence-corrected chi connectivity index (χ1v) is 9.16. The minimum absolute atomic E-state index is 0.0510. The smallest absolute Gasteiger partial charge is 0.315 e. The van der Waals surface area contributed by atoms with Crippen molar-refractivity contribution in [2.45, 2.75) is 23.9 Å². The summed E-state index contributed by atoms with van der Waals surface area (Å²) in [7, 11) is -2.81. The molecule has 0 aliphatic carbocycles. The minimum Gasteiger partial charge on any atom is -0.315 e. The van der Waals surface area contributed by atoms with Crippen molar-refractivity contribution >= 4 is 27.3 Å². The summed E-state index contributed by atoms with van der Waals surface area (Å²) in [5.74, 6) is -0.0510. The molecule has 0 unspecified atom stereocenters. The topological polar surface area (TPSA) is 66.5 Å². The molecule has 0 aromatic heterocycles. The lowest BCUT2D eigenvalue weighted by Crippen LogP contribution is -2.31. The Morgan fingerprint density at radius 1 is 1.08 bits per heavy atom. The summed E-state index contributed by atoms with van der Waals surface area (Å²) in [5.41, 5.74) is 0.315. The van der Waals surface area contributed by atoms with Gasteiger partial charge < -0.3 is 4.90 Å². The third-order valence-corrected chi connectivity index (χ3v) is 5.60. The van der Waals surface area contributed by atoms with Crippen molar-refractivity contribution in [1.29, 1.82) is 0 Å². The fourth-order valence-electron chi connectivity index (χ4n) is 2.87. The normalized spacial score (nSPS) is 14.9. The molecule has 1 amide bonds. The number of nitrogens with one attached hydrogen (secondary N) is 1. The van der Waals surface area contributed by atoms with Crippen molar-refractivity contribution < 1.29 is 26.4 Å². The molecule has 0 saturated heterocycles. The third kappa shape index (κ3) is 3.39. The van der Waals surface area contributed by atoms with Crippen molar-refractivity contribution in [1.82, 2.24) is 0 Å². The van der Waals surface area contributed by atoms with Gasteiger partial charge in [0.25, 0.3) is 10.0 Å². The molecule has 26 heavy (non-hydrogen) atoms. The summed E-state index contributed by atoms with van der Waals surface area (Å²) in [4.78, 5) is 12.3. The molecular formula is C17H15F3N2O3S. The van der Waals surface area contributed by atoms with E-state index in [2.05, 4.69) is 4.72 Å². The van der Waals surface area contributed by atoms with Gasteiger partial charge in [-0.1, -0.05) is 12.1 Å². The first-order valence-electron chi connectivity index (χ1n) is 7.68. The SMILES string of the molecule is CN1C(=O)CCc2cc(NS(=O)(=O)c3ccccc3C(F)(F)F)ccc21. The van der Waals surface area contributed by atoms with Crippen LogP contribution in [0, 0.1) is 0 Å². The first-order chi connectivity index (χ1) is 12.1. The summed E-state index contributed by atoms with van der Waals surface area (Å²) in [6.45, 7) is 0. The van der Waals surface area contributed by atoms with Crippen LogP contribution in [0.2, 0.25) is 0 Å². The maximum atomic E-state index is 13.1. The Morgan fingerprint density at radius 2 is 1.77 bits per heavy atom. The molecule has 0 bridgehead atoms. The number of nitrogens with zero attached hydrogens (tertiary/aromatic N) is 1. The van der Waals surface area contributed by atoms with E-state index in [0.717, 1.165) is 23.8 Å². The van der Waals surface area contributed by atoms with Crippen LogP contribution >= 0.6 is 0 Å². The van der Waals surface area contributed by atoms with Crippen LogP contribution in [0.1, 0.15) is 17.5 Å². The highest BCUT2D eigenvalue weighted by molar-refractivity contribution is 7.92. The fraction of sp³-hybridized carbons (Fsp3) is 0.235. The number of aryl methyl sites for hydroxylation is 1. The lowest BCUT2D eigenvalue weighted by atomic mass is 10.0. The number of hydrogen-bond donors (Lipinski definition) is 1. The van der Waals surface area contributed by atoms with Gasteiger partial charge in [0.2, 0.25) is 5.91 Å². The van der Waals surface area contributed by atoms with Crippen molar-refractivity contribution in [3.8, 4) is 0 Å². The highest BCUT2D eigenvalue weighted by Crippen LogP contribution is 2.35. The number of rotatable bonds is 3. The van der Waals surface area contributed by atoms with E-state index in [1.54, 1.807) is 13.1 Å². The molecule has 1 aliphatic heterocycles.